The van der Waals surface area contributed by atoms with Gasteiger partial charge in [-0.3, -0.25) is 0 Å². The lowest BCUT2D eigenvalue weighted by atomic mass is 10.2. The average Bonchev–Trinajstić information content (AvgIpc) is 2.78. The maximum Gasteiger partial charge on any atom is 0.158 e. The van der Waals surface area contributed by atoms with Crippen molar-refractivity contribution in [2.24, 2.45) is 0 Å². The Labute approximate surface area is 98.8 Å². The quantitative estimate of drug-likeness (QED) is 0.834. The number of rotatable bonds is 4. The Kier molecular flexibility index (Phi) is 3.34. The summed E-state index contributed by atoms with van der Waals surface area (Å²) in [5.74, 6) is 1.46. The third-order valence-electron chi connectivity index (χ3n) is 2.49. The number of aryl methyl sites for hydroxylation is 1. The van der Waals surface area contributed by atoms with Crippen LogP contribution in [0.1, 0.15) is 11.4 Å². The fourth-order valence-electron chi connectivity index (χ4n) is 1.66. The third kappa shape index (κ3) is 2.26. The van der Waals surface area contributed by atoms with E-state index in [2.05, 4.69) is 15.5 Å². The molecule has 0 bridgehead atoms. The number of hydrogen-bond donors (Lipinski definition) is 1. The van der Waals surface area contributed by atoms with Gasteiger partial charge in [0, 0.05) is 6.42 Å². The number of ether oxygens (including phenoxy) is 1. The molecular weight excluding hydrogens is 220 g/mol. The second-order valence-corrected chi connectivity index (χ2v) is 3.63. The SMILES string of the molecule is COc1ccc(-n2nnnc2CCO)cc1C. The molecule has 6 nitrogen and oxygen atoms in total. The van der Waals surface area contributed by atoms with Gasteiger partial charge in [0.1, 0.15) is 5.75 Å². The second-order valence-electron chi connectivity index (χ2n) is 3.63. The molecule has 1 heterocycles. The van der Waals surface area contributed by atoms with Crippen molar-refractivity contribution < 1.29 is 9.84 Å². The predicted octanol–water partition coefficient (Wildman–Crippen LogP) is 0.514. The van der Waals surface area contributed by atoms with Crippen molar-refractivity contribution in [3.63, 3.8) is 0 Å². The number of aliphatic hydroxyl groups excluding tert-OH is 1. The first-order valence-corrected chi connectivity index (χ1v) is 5.29. The molecule has 1 aromatic carbocycles. The van der Waals surface area contributed by atoms with Crippen LogP contribution in [0.5, 0.6) is 5.75 Å². The third-order valence-corrected chi connectivity index (χ3v) is 2.49. The summed E-state index contributed by atoms with van der Waals surface area (Å²) in [7, 11) is 1.64. The average molecular weight is 234 g/mol. The molecule has 0 saturated carbocycles. The smallest absolute Gasteiger partial charge is 0.158 e. The first-order chi connectivity index (χ1) is 8.26. The molecule has 17 heavy (non-hydrogen) atoms. The lowest BCUT2D eigenvalue weighted by molar-refractivity contribution is 0.295. The molecular formula is C11H14N4O2. The van der Waals surface area contributed by atoms with Crippen LogP contribution >= 0.6 is 0 Å². The van der Waals surface area contributed by atoms with E-state index in [0.717, 1.165) is 17.0 Å². The van der Waals surface area contributed by atoms with Gasteiger partial charge in [0.15, 0.2) is 5.82 Å². The van der Waals surface area contributed by atoms with Gasteiger partial charge in [-0.15, -0.1) is 5.10 Å². The number of tetrazole rings is 1. The van der Waals surface area contributed by atoms with Gasteiger partial charge in [0.2, 0.25) is 0 Å². The second kappa shape index (κ2) is 4.92. The van der Waals surface area contributed by atoms with E-state index in [0.29, 0.717) is 12.2 Å². The molecule has 0 saturated heterocycles. The van der Waals surface area contributed by atoms with E-state index in [4.69, 9.17) is 9.84 Å². The van der Waals surface area contributed by atoms with Crippen LogP contribution in [-0.4, -0.2) is 39.0 Å². The van der Waals surface area contributed by atoms with Gasteiger partial charge in [0.05, 0.1) is 19.4 Å². The summed E-state index contributed by atoms with van der Waals surface area (Å²) in [6.07, 6.45) is 0.429. The maximum absolute atomic E-state index is 8.92. The van der Waals surface area contributed by atoms with E-state index >= 15 is 0 Å². The molecule has 0 unspecified atom stereocenters. The summed E-state index contributed by atoms with van der Waals surface area (Å²) in [6.45, 7) is 1.98. The summed E-state index contributed by atoms with van der Waals surface area (Å²) in [4.78, 5) is 0. The largest absolute Gasteiger partial charge is 0.496 e. The number of aliphatic hydroxyl groups is 1. The molecule has 0 atom stereocenters. The molecule has 1 N–H and O–H groups in total. The van der Waals surface area contributed by atoms with E-state index < -0.39 is 0 Å². The molecule has 2 rings (SSSR count). The number of methoxy groups -OCH3 is 1. The van der Waals surface area contributed by atoms with Gasteiger partial charge < -0.3 is 9.84 Å². The van der Waals surface area contributed by atoms with Crippen molar-refractivity contribution in [2.75, 3.05) is 13.7 Å². The van der Waals surface area contributed by atoms with Crippen molar-refractivity contribution >= 4 is 0 Å². The Morgan fingerprint density at radius 1 is 1.41 bits per heavy atom. The molecule has 6 heteroatoms. The molecule has 0 radical (unpaired) electrons. The lowest BCUT2D eigenvalue weighted by Crippen LogP contribution is -2.05. The fraction of sp³-hybridized carbons (Fsp3) is 0.364. The molecule has 0 fully saturated rings. The number of nitrogens with zero attached hydrogens (tertiary/aromatic N) is 4. The highest BCUT2D eigenvalue weighted by atomic mass is 16.5. The van der Waals surface area contributed by atoms with Crippen LogP contribution in [0.4, 0.5) is 0 Å². The highest BCUT2D eigenvalue weighted by Crippen LogP contribution is 2.20. The Morgan fingerprint density at radius 2 is 2.24 bits per heavy atom. The van der Waals surface area contributed by atoms with Crippen molar-refractivity contribution in [3.05, 3.63) is 29.6 Å². The van der Waals surface area contributed by atoms with Gasteiger partial charge in [-0.25, -0.2) is 0 Å². The molecule has 1 aromatic heterocycles. The molecule has 0 aliphatic rings. The fourth-order valence-corrected chi connectivity index (χ4v) is 1.66. The minimum atomic E-state index is 0.0233. The Hall–Kier alpha value is -1.95. The predicted molar refractivity (Wildman–Crippen MR) is 61.2 cm³/mol. The van der Waals surface area contributed by atoms with Crippen LogP contribution in [0, 0.1) is 6.92 Å². The number of hydrogen-bond acceptors (Lipinski definition) is 5. The first kappa shape index (κ1) is 11.5. The van der Waals surface area contributed by atoms with Crippen LogP contribution in [0.3, 0.4) is 0 Å². The van der Waals surface area contributed by atoms with Crippen LogP contribution in [0.15, 0.2) is 18.2 Å². The van der Waals surface area contributed by atoms with Gasteiger partial charge in [-0.2, -0.15) is 4.68 Å². The summed E-state index contributed by atoms with van der Waals surface area (Å²) < 4.78 is 6.81. The topological polar surface area (TPSA) is 73.1 Å². The molecule has 90 valence electrons. The van der Waals surface area contributed by atoms with Gasteiger partial charge in [-0.05, 0) is 41.1 Å². The van der Waals surface area contributed by atoms with E-state index in [1.54, 1.807) is 11.8 Å². The zero-order valence-corrected chi connectivity index (χ0v) is 9.79. The summed E-state index contributed by atoms with van der Waals surface area (Å²) >= 11 is 0. The van der Waals surface area contributed by atoms with E-state index in [-0.39, 0.29) is 6.61 Å². The zero-order chi connectivity index (χ0) is 12.3. The van der Waals surface area contributed by atoms with Crippen LogP contribution in [0.2, 0.25) is 0 Å². The molecule has 0 amide bonds. The number of aromatic nitrogens is 4. The van der Waals surface area contributed by atoms with Crippen LogP contribution in [0.25, 0.3) is 5.69 Å². The van der Waals surface area contributed by atoms with E-state index in [1.165, 1.54) is 0 Å². The van der Waals surface area contributed by atoms with Crippen molar-refractivity contribution in [1.82, 2.24) is 20.2 Å². The molecule has 0 aliphatic carbocycles. The van der Waals surface area contributed by atoms with Gasteiger partial charge >= 0.3 is 0 Å². The highest BCUT2D eigenvalue weighted by Gasteiger charge is 2.08. The maximum atomic E-state index is 8.92. The zero-order valence-electron chi connectivity index (χ0n) is 9.79. The van der Waals surface area contributed by atoms with Gasteiger partial charge in [-0.1, -0.05) is 0 Å². The minimum Gasteiger partial charge on any atom is -0.496 e. The standard InChI is InChI=1S/C11H14N4O2/c1-8-7-9(3-4-10(8)17-2)15-11(5-6-16)12-13-14-15/h3-4,7,16H,5-6H2,1-2H3. The van der Waals surface area contributed by atoms with Crippen molar-refractivity contribution in [2.45, 2.75) is 13.3 Å². The lowest BCUT2D eigenvalue weighted by Gasteiger charge is -2.08. The summed E-state index contributed by atoms with van der Waals surface area (Å²) in [5, 5.41) is 20.3. The van der Waals surface area contributed by atoms with E-state index in [1.807, 2.05) is 25.1 Å². The summed E-state index contributed by atoms with van der Waals surface area (Å²) in [6, 6.07) is 5.69. The monoisotopic (exact) mass is 234 g/mol. The van der Waals surface area contributed by atoms with Gasteiger partial charge in [0.25, 0.3) is 0 Å². The Bertz CT molecular complexity index is 510. The van der Waals surface area contributed by atoms with E-state index in [9.17, 15) is 0 Å². The summed E-state index contributed by atoms with van der Waals surface area (Å²) in [5.41, 5.74) is 1.87. The Balaban J connectivity index is 2.39. The number of benzene rings is 1. The molecule has 2 aromatic rings. The minimum absolute atomic E-state index is 0.0233. The highest BCUT2D eigenvalue weighted by molar-refractivity contribution is 5.43. The van der Waals surface area contributed by atoms with Crippen molar-refractivity contribution in [3.8, 4) is 11.4 Å². The Morgan fingerprint density at radius 3 is 2.88 bits per heavy atom. The van der Waals surface area contributed by atoms with Crippen LogP contribution < -0.4 is 4.74 Å². The van der Waals surface area contributed by atoms with Crippen LogP contribution in [-0.2, 0) is 6.42 Å². The molecule has 0 aliphatic heterocycles. The normalized spacial score (nSPS) is 10.5. The molecule has 0 spiro atoms. The first-order valence-electron chi connectivity index (χ1n) is 5.29. The van der Waals surface area contributed by atoms with Crippen molar-refractivity contribution in [1.29, 1.82) is 0 Å².